The molecule has 0 saturated heterocycles. The van der Waals surface area contributed by atoms with Gasteiger partial charge in [-0.05, 0) is 24.5 Å². The van der Waals surface area contributed by atoms with Gasteiger partial charge in [0.1, 0.15) is 6.04 Å². The second-order valence-electron chi connectivity index (χ2n) is 5.45. The highest BCUT2D eigenvalue weighted by Gasteiger charge is 2.24. The quantitative estimate of drug-likeness (QED) is 0.740. The minimum Gasteiger partial charge on any atom is -0.467 e. The van der Waals surface area contributed by atoms with E-state index in [2.05, 4.69) is 10.1 Å². The van der Waals surface area contributed by atoms with Gasteiger partial charge >= 0.3 is 11.9 Å². The molecule has 1 rings (SSSR count). The van der Waals surface area contributed by atoms with E-state index in [1.165, 1.54) is 19.2 Å². The van der Waals surface area contributed by atoms with Crippen LogP contribution in [0.25, 0.3) is 0 Å². The summed E-state index contributed by atoms with van der Waals surface area (Å²) in [5.74, 6) is -1.83. The minimum atomic E-state index is -0.820. The number of esters is 2. The van der Waals surface area contributed by atoms with Crippen LogP contribution in [-0.2, 0) is 19.1 Å². The fourth-order valence-electron chi connectivity index (χ4n) is 1.96. The fraction of sp³-hybridized carbons (Fsp3) is 0.438. The molecule has 132 valence electrons. The van der Waals surface area contributed by atoms with Gasteiger partial charge in [-0.15, -0.1) is 0 Å². The lowest BCUT2D eigenvalue weighted by Crippen LogP contribution is -2.44. The number of carbonyl (C=O) groups is 3. The Kier molecular flexibility index (Phi) is 8.01. The molecule has 0 fully saturated rings. The molecule has 0 bridgehead atoms. The van der Waals surface area contributed by atoms with E-state index in [0.717, 1.165) is 0 Å². The number of methoxy groups -OCH3 is 1. The number of amides is 1. The number of ether oxygens (including phenoxy) is 2. The maximum atomic E-state index is 12.0. The van der Waals surface area contributed by atoms with E-state index in [0.29, 0.717) is 6.42 Å². The van der Waals surface area contributed by atoms with Gasteiger partial charge in [-0.3, -0.25) is 4.79 Å². The number of nitrogens with one attached hydrogen (secondary N) is 1. The van der Waals surface area contributed by atoms with Crippen molar-refractivity contribution in [1.29, 1.82) is 0 Å². The minimum absolute atomic E-state index is 0.0136. The highest BCUT2D eigenvalue weighted by Crippen LogP contribution is 2.24. The first-order valence-corrected chi connectivity index (χ1v) is 8.00. The second kappa shape index (κ2) is 9.49. The lowest BCUT2D eigenvalue weighted by atomic mass is 10.0. The molecule has 24 heavy (non-hydrogen) atoms. The second-order valence-corrected chi connectivity index (χ2v) is 6.26. The molecule has 1 aromatic rings. The standard InChI is InChI=1S/C16H19Cl2NO5/c1-9(2)7-12(15(21)23-3)19-13(20)8-24-16(22)14-10(17)5-4-6-11(14)18/h4-6,9,12H,7-8H2,1-3H3,(H,19,20)/t12-/m1/s1. The Morgan fingerprint density at radius 1 is 1.17 bits per heavy atom. The number of hydrogen-bond donors (Lipinski definition) is 1. The van der Waals surface area contributed by atoms with E-state index in [9.17, 15) is 14.4 Å². The van der Waals surface area contributed by atoms with Crippen molar-refractivity contribution in [2.75, 3.05) is 13.7 Å². The molecule has 0 aromatic heterocycles. The van der Waals surface area contributed by atoms with Gasteiger partial charge in [0.2, 0.25) is 0 Å². The van der Waals surface area contributed by atoms with Gasteiger partial charge in [0.15, 0.2) is 6.61 Å². The molecule has 0 aliphatic rings. The zero-order valence-electron chi connectivity index (χ0n) is 13.6. The van der Waals surface area contributed by atoms with Gasteiger partial charge < -0.3 is 14.8 Å². The molecule has 1 aromatic carbocycles. The number of carbonyl (C=O) groups excluding carboxylic acids is 3. The van der Waals surface area contributed by atoms with Crippen molar-refractivity contribution in [1.82, 2.24) is 5.32 Å². The van der Waals surface area contributed by atoms with Crippen LogP contribution in [0, 0.1) is 5.92 Å². The summed E-state index contributed by atoms with van der Waals surface area (Å²) in [5.41, 5.74) is -0.0136. The van der Waals surface area contributed by atoms with Crippen LogP contribution in [0.5, 0.6) is 0 Å². The van der Waals surface area contributed by atoms with Crippen molar-refractivity contribution < 1.29 is 23.9 Å². The average molecular weight is 376 g/mol. The molecule has 0 radical (unpaired) electrons. The largest absolute Gasteiger partial charge is 0.467 e. The first-order chi connectivity index (χ1) is 11.3. The van der Waals surface area contributed by atoms with E-state index >= 15 is 0 Å². The van der Waals surface area contributed by atoms with Crippen molar-refractivity contribution in [2.45, 2.75) is 26.3 Å². The van der Waals surface area contributed by atoms with Crippen LogP contribution in [-0.4, -0.2) is 37.6 Å². The first-order valence-electron chi connectivity index (χ1n) is 7.24. The number of benzene rings is 1. The maximum absolute atomic E-state index is 12.0. The third kappa shape index (κ3) is 6.02. The Morgan fingerprint density at radius 2 is 1.75 bits per heavy atom. The van der Waals surface area contributed by atoms with Crippen LogP contribution < -0.4 is 5.32 Å². The summed E-state index contributed by atoms with van der Waals surface area (Å²) < 4.78 is 9.54. The lowest BCUT2D eigenvalue weighted by Gasteiger charge is -2.18. The van der Waals surface area contributed by atoms with Gasteiger partial charge in [0, 0.05) is 0 Å². The zero-order valence-corrected chi connectivity index (χ0v) is 15.1. The van der Waals surface area contributed by atoms with Gasteiger partial charge in [0.05, 0.1) is 22.7 Å². The molecule has 0 heterocycles. The topological polar surface area (TPSA) is 81.7 Å². The van der Waals surface area contributed by atoms with E-state index < -0.39 is 30.5 Å². The van der Waals surface area contributed by atoms with Crippen LogP contribution in [0.2, 0.25) is 10.0 Å². The Balaban J connectivity index is 2.64. The molecule has 0 saturated carbocycles. The lowest BCUT2D eigenvalue weighted by molar-refractivity contribution is -0.145. The van der Waals surface area contributed by atoms with E-state index in [4.69, 9.17) is 27.9 Å². The summed E-state index contributed by atoms with van der Waals surface area (Å²) in [4.78, 5) is 35.5. The summed E-state index contributed by atoms with van der Waals surface area (Å²) >= 11 is 11.8. The smallest absolute Gasteiger partial charge is 0.341 e. The number of halogens is 2. The van der Waals surface area contributed by atoms with Crippen molar-refractivity contribution in [3.05, 3.63) is 33.8 Å². The molecule has 0 aliphatic heterocycles. The summed E-state index contributed by atoms with van der Waals surface area (Å²) in [6, 6.07) is 3.76. The van der Waals surface area contributed by atoms with Gasteiger partial charge in [-0.1, -0.05) is 43.1 Å². The van der Waals surface area contributed by atoms with Crippen molar-refractivity contribution in [2.24, 2.45) is 5.92 Å². The molecule has 6 nitrogen and oxygen atoms in total. The average Bonchev–Trinajstić information content (AvgIpc) is 2.50. The van der Waals surface area contributed by atoms with Crippen LogP contribution in [0.1, 0.15) is 30.6 Å². The molecule has 0 unspecified atom stereocenters. The third-order valence-electron chi connectivity index (χ3n) is 3.03. The monoisotopic (exact) mass is 375 g/mol. The molecular formula is C16H19Cl2NO5. The molecular weight excluding hydrogens is 357 g/mol. The van der Waals surface area contributed by atoms with Crippen LogP contribution in [0.4, 0.5) is 0 Å². The normalized spacial score (nSPS) is 11.8. The summed E-state index contributed by atoms with van der Waals surface area (Å²) in [6.07, 6.45) is 0.405. The highest BCUT2D eigenvalue weighted by atomic mass is 35.5. The first kappa shape index (κ1) is 20.3. The third-order valence-corrected chi connectivity index (χ3v) is 3.66. The summed E-state index contributed by atoms with van der Waals surface area (Å²) in [7, 11) is 1.24. The van der Waals surface area contributed by atoms with Crippen molar-refractivity contribution >= 4 is 41.0 Å². The predicted octanol–water partition coefficient (Wildman–Crippen LogP) is 2.85. The Bertz CT molecular complexity index is 598. The van der Waals surface area contributed by atoms with Crippen molar-refractivity contribution in [3.63, 3.8) is 0 Å². The Hall–Kier alpha value is -1.79. The van der Waals surface area contributed by atoms with Crippen LogP contribution >= 0.6 is 23.2 Å². The molecule has 0 aliphatic carbocycles. The Labute approximate surface area is 150 Å². The van der Waals surface area contributed by atoms with E-state index in [-0.39, 0.29) is 21.5 Å². The summed E-state index contributed by atoms with van der Waals surface area (Å²) in [5, 5.41) is 2.73. The molecule has 0 spiro atoms. The maximum Gasteiger partial charge on any atom is 0.341 e. The number of rotatable bonds is 7. The van der Waals surface area contributed by atoms with Crippen LogP contribution in [0.15, 0.2) is 18.2 Å². The Morgan fingerprint density at radius 3 is 2.25 bits per heavy atom. The summed E-state index contributed by atoms with van der Waals surface area (Å²) in [6.45, 7) is 3.25. The van der Waals surface area contributed by atoms with Gasteiger partial charge in [-0.2, -0.15) is 0 Å². The fourth-order valence-corrected chi connectivity index (χ4v) is 2.51. The molecule has 1 N–H and O–H groups in total. The molecule has 1 amide bonds. The zero-order chi connectivity index (χ0) is 18.3. The van der Waals surface area contributed by atoms with E-state index in [1.54, 1.807) is 6.07 Å². The molecule has 1 atom stereocenters. The SMILES string of the molecule is COC(=O)[C@@H](CC(C)C)NC(=O)COC(=O)c1c(Cl)cccc1Cl. The predicted molar refractivity (Wildman–Crippen MR) is 90.1 cm³/mol. The highest BCUT2D eigenvalue weighted by molar-refractivity contribution is 6.39. The molecule has 8 heteroatoms. The number of hydrogen-bond acceptors (Lipinski definition) is 5. The van der Waals surface area contributed by atoms with Gasteiger partial charge in [0.25, 0.3) is 5.91 Å². The van der Waals surface area contributed by atoms with Gasteiger partial charge in [-0.25, -0.2) is 9.59 Å². The van der Waals surface area contributed by atoms with E-state index in [1.807, 2.05) is 13.8 Å². The van der Waals surface area contributed by atoms with Crippen LogP contribution in [0.3, 0.4) is 0 Å². The van der Waals surface area contributed by atoms with Crippen molar-refractivity contribution in [3.8, 4) is 0 Å².